The van der Waals surface area contributed by atoms with Crippen LogP contribution in [0.3, 0.4) is 0 Å². The second-order valence-corrected chi connectivity index (χ2v) is 4.59. The maximum absolute atomic E-state index is 12.3. The Morgan fingerprint density at radius 3 is 2.95 bits per heavy atom. The van der Waals surface area contributed by atoms with Crippen molar-refractivity contribution in [2.24, 2.45) is 0 Å². The quantitative estimate of drug-likeness (QED) is 0.905. The van der Waals surface area contributed by atoms with Gasteiger partial charge in [-0.05, 0) is 18.2 Å². The highest BCUT2D eigenvalue weighted by Gasteiger charge is 2.23. The van der Waals surface area contributed by atoms with Gasteiger partial charge in [-0.25, -0.2) is 4.98 Å². The lowest BCUT2D eigenvalue weighted by atomic mass is 10.2. The lowest BCUT2D eigenvalue weighted by Crippen LogP contribution is -2.30. The highest BCUT2D eigenvalue weighted by Crippen LogP contribution is 2.32. The Kier molecular flexibility index (Phi) is 3.25. The predicted molar refractivity (Wildman–Crippen MR) is 76.4 cm³/mol. The summed E-state index contributed by atoms with van der Waals surface area (Å²) in [7, 11) is 0. The van der Waals surface area contributed by atoms with Crippen LogP contribution in [0.25, 0.3) is 0 Å². The highest BCUT2D eigenvalue weighted by molar-refractivity contribution is 5.95. The van der Waals surface area contributed by atoms with Gasteiger partial charge in [0.15, 0.2) is 0 Å². The second kappa shape index (κ2) is 5.21. The van der Waals surface area contributed by atoms with E-state index in [-0.39, 0.29) is 5.91 Å². The van der Waals surface area contributed by atoms with Crippen molar-refractivity contribution < 1.29 is 9.53 Å². The number of carbonyl (C=O) groups is 1. The van der Waals surface area contributed by atoms with E-state index in [2.05, 4.69) is 4.98 Å². The zero-order chi connectivity index (χ0) is 13.9. The molecule has 102 valence electrons. The van der Waals surface area contributed by atoms with Crippen molar-refractivity contribution in [2.45, 2.75) is 13.0 Å². The Hall–Kier alpha value is -2.56. The second-order valence-electron chi connectivity index (χ2n) is 4.59. The number of rotatable bonds is 2. The lowest BCUT2D eigenvalue weighted by Gasteiger charge is -2.22. The molecule has 1 aliphatic rings. The van der Waals surface area contributed by atoms with Crippen molar-refractivity contribution in [1.82, 2.24) is 4.98 Å². The minimum Gasteiger partial charge on any atom is -0.491 e. The molecule has 1 aliphatic heterocycles. The monoisotopic (exact) mass is 269 g/mol. The number of anilines is 2. The van der Waals surface area contributed by atoms with E-state index < -0.39 is 0 Å². The number of carbonyl (C=O) groups excluding carboxylic acids is 1. The first-order valence-corrected chi connectivity index (χ1v) is 6.47. The smallest absolute Gasteiger partial charge is 0.230 e. The zero-order valence-electron chi connectivity index (χ0n) is 11.0. The van der Waals surface area contributed by atoms with Gasteiger partial charge in [0.25, 0.3) is 0 Å². The molecule has 5 nitrogen and oxygen atoms in total. The van der Waals surface area contributed by atoms with Crippen LogP contribution in [-0.4, -0.2) is 17.5 Å². The normalized spacial score (nSPS) is 14.4. The molecule has 1 aromatic heterocycles. The molecule has 2 aromatic rings. The number of fused-ring (bicyclic) bond motifs is 1. The number of ether oxygens (including phenoxy) is 1. The van der Waals surface area contributed by atoms with Crippen LogP contribution in [0.4, 0.5) is 11.5 Å². The van der Waals surface area contributed by atoms with Gasteiger partial charge in [-0.15, -0.1) is 0 Å². The van der Waals surface area contributed by atoms with Crippen molar-refractivity contribution in [3.8, 4) is 5.75 Å². The van der Waals surface area contributed by atoms with Gasteiger partial charge in [0, 0.05) is 11.8 Å². The number of nitrogens with two attached hydrogens (primary N) is 1. The van der Waals surface area contributed by atoms with Crippen molar-refractivity contribution in [2.75, 3.05) is 17.2 Å². The number of nitrogens with zero attached hydrogens (tertiary/aromatic N) is 2. The van der Waals surface area contributed by atoms with Crippen molar-refractivity contribution in [1.29, 1.82) is 0 Å². The Morgan fingerprint density at radius 2 is 2.10 bits per heavy atom. The minimum atomic E-state index is 0.0261. The molecule has 0 saturated carbocycles. The number of aromatic nitrogens is 1. The van der Waals surface area contributed by atoms with E-state index in [9.17, 15) is 4.79 Å². The molecule has 0 spiro atoms. The number of benzene rings is 1. The van der Waals surface area contributed by atoms with Crippen LogP contribution in [0, 0.1) is 0 Å². The summed E-state index contributed by atoms with van der Waals surface area (Å²) in [6.45, 7) is 0.799. The Bertz CT molecular complexity index is 643. The highest BCUT2D eigenvalue weighted by atomic mass is 16.5. The summed E-state index contributed by atoms with van der Waals surface area (Å²) >= 11 is 0. The summed E-state index contributed by atoms with van der Waals surface area (Å²) in [4.78, 5) is 18.0. The van der Waals surface area contributed by atoms with Crippen molar-refractivity contribution >= 4 is 17.4 Å². The van der Waals surface area contributed by atoms with Crippen LogP contribution in [-0.2, 0) is 11.3 Å². The predicted octanol–water partition coefficient (Wildman–Crippen LogP) is 1.98. The molecule has 0 aliphatic carbocycles. The molecule has 0 atom stereocenters. The SMILES string of the molecule is Nc1ncccc1CN1C(=O)CCOc2ccccc21. The number of hydrogen-bond acceptors (Lipinski definition) is 4. The molecule has 20 heavy (non-hydrogen) atoms. The minimum absolute atomic E-state index is 0.0261. The van der Waals surface area contributed by atoms with E-state index in [0.717, 1.165) is 17.0 Å². The Balaban J connectivity index is 1.98. The van der Waals surface area contributed by atoms with Gasteiger partial charge in [-0.2, -0.15) is 0 Å². The summed E-state index contributed by atoms with van der Waals surface area (Å²) in [5, 5.41) is 0. The average Bonchev–Trinajstić information content (AvgIpc) is 2.61. The molecule has 5 heteroatoms. The van der Waals surface area contributed by atoms with E-state index in [1.165, 1.54) is 0 Å². The van der Waals surface area contributed by atoms with Gasteiger partial charge in [0.05, 0.1) is 25.3 Å². The van der Waals surface area contributed by atoms with Gasteiger partial charge >= 0.3 is 0 Å². The van der Waals surface area contributed by atoms with Crippen LogP contribution < -0.4 is 15.4 Å². The Labute approximate surface area is 117 Å². The average molecular weight is 269 g/mol. The summed E-state index contributed by atoms with van der Waals surface area (Å²) in [5.74, 6) is 1.20. The number of para-hydroxylation sites is 2. The third-order valence-electron chi connectivity index (χ3n) is 3.29. The number of pyridine rings is 1. The number of hydrogen-bond donors (Lipinski definition) is 1. The maximum atomic E-state index is 12.3. The molecule has 2 heterocycles. The molecule has 2 N–H and O–H groups in total. The van der Waals surface area contributed by atoms with Crippen LogP contribution in [0.5, 0.6) is 5.75 Å². The third-order valence-corrected chi connectivity index (χ3v) is 3.29. The van der Waals surface area contributed by atoms with Crippen LogP contribution >= 0.6 is 0 Å². The van der Waals surface area contributed by atoms with Crippen molar-refractivity contribution in [3.63, 3.8) is 0 Å². The van der Waals surface area contributed by atoms with Crippen molar-refractivity contribution in [3.05, 3.63) is 48.2 Å². The number of amides is 1. The van der Waals surface area contributed by atoms with E-state index in [1.54, 1.807) is 11.1 Å². The fourth-order valence-electron chi connectivity index (χ4n) is 2.25. The summed E-state index contributed by atoms with van der Waals surface area (Å²) in [6, 6.07) is 11.2. The maximum Gasteiger partial charge on any atom is 0.230 e. The van der Waals surface area contributed by atoms with E-state index in [4.69, 9.17) is 10.5 Å². The van der Waals surface area contributed by atoms with E-state index in [1.807, 2.05) is 36.4 Å². The van der Waals surface area contributed by atoms with Gasteiger partial charge in [0.1, 0.15) is 11.6 Å². The molecular weight excluding hydrogens is 254 g/mol. The molecule has 0 unspecified atom stereocenters. The van der Waals surface area contributed by atoms with Gasteiger partial charge in [-0.1, -0.05) is 18.2 Å². The molecule has 0 radical (unpaired) electrons. The first-order chi connectivity index (χ1) is 9.75. The fraction of sp³-hybridized carbons (Fsp3) is 0.200. The molecule has 1 aromatic carbocycles. The van der Waals surface area contributed by atoms with Gasteiger partial charge < -0.3 is 15.4 Å². The Morgan fingerprint density at radius 1 is 1.25 bits per heavy atom. The number of nitrogen functional groups attached to an aromatic ring is 1. The largest absolute Gasteiger partial charge is 0.491 e. The molecule has 3 rings (SSSR count). The molecule has 0 bridgehead atoms. The molecule has 1 amide bonds. The standard InChI is InChI=1S/C15H15N3O2/c16-15-11(4-3-8-17-15)10-18-12-5-1-2-6-13(12)20-9-7-14(18)19/h1-6,8H,7,9-10H2,(H2,16,17). The van der Waals surface area contributed by atoms with Gasteiger partial charge in [0.2, 0.25) is 5.91 Å². The zero-order valence-corrected chi connectivity index (χ0v) is 11.0. The summed E-state index contributed by atoms with van der Waals surface area (Å²) in [5.41, 5.74) is 7.47. The molecular formula is C15H15N3O2. The van der Waals surface area contributed by atoms with E-state index >= 15 is 0 Å². The van der Waals surface area contributed by atoms with Gasteiger partial charge in [-0.3, -0.25) is 4.79 Å². The fourth-order valence-corrected chi connectivity index (χ4v) is 2.25. The summed E-state index contributed by atoms with van der Waals surface area (Å²) in [6.07, 6.45) is 2.00. The van der Waals surface area contributed by atoms with Crippen LogP contribution in [0.2, 0.25) is 0 Å². The first kappa shape index (κ1) is 12.5. The first-order valence-electron chi connectivity index (χ1n) is 6.47. The third kappa shape index (κ3) is 2.30. The summed E-state index contributed by atoms with van der Waals surface area (Å²) < 4.78 is 5.61. The van der Waals surface area contributed by atoms with E-state index in [0.29, 0.717) is 25.4 Å². The molecule has 0 fully saturated rings. The van der Waals surface area contributed by atoms with Crippen LogP contribution in [0.1, 0.15) is 12.0 Å². The lowest BCUT2D eigenvalue weighted by molar-refractivity contribution is -0.118. The topological polar surface area (TPSA) is 68.5 Å². The van der Waals surface area contributed by atoms with Crippen LogP contribution in [0.15, 0.2) is 42.6 Å². The molecule has 0 saturated heterocycles.